The van der Waals surface area contributed by atoms with Gasteiger partial charge in [-0.2, -0.15) is 0 Å². The first-order valence-corrected chi connectivity index (χ1v) is 5.76. The maximum absolute atomic E-state index is 4.23. The zero-order chi connectivity index (χ0) is 10.3. The smallest absolute Gasteiger partial charge is 0.0977 e. The largest absolute Gasteiger partial charge is 0.376 e. The molecule has 76 valence electrons. The van der Waals surface area contributed by atoms with E-state index in [1.807, 2.05) is 42.6 Å². The van der Waals surface area contributed by atoms with Crippen LogP contribution in [0, 0.1) is 0 Å². The average molecular weight is 216 g/mol. The highest BCUT2D eigenvalue weighted by atomic mass is 32.2. The second kappa shape index (κ2) is 5.41. The summed E-state index contributed by atoms with van der Waals surface area (Å²) in [4.78, 5) is 4.23. The molecule has 0 spiro atoms. The number of nitrogens with zero attached hydrogens (tertiary/aromatic N) is 1. The van der Waals surface area contributed by atoms with E-state index in [1.165, 1.54) is 0 Å². The zero-order valence-electron chi connectivity index (χ0n) is 8.26. The predicted octanol–water partition coefficient (Wildman–Crippen LogP) is 3.24. The Morgan fingerprint density at radius 3 is 2.53 bits per heavy atom. The first-order chi connectivity index (χ1) is 7.45. The Labute approximate surface area is 93.7 Å². The molecule has 1 heterocycles. The van der Waals surface area contributed by atoms with E-state index in [-0.39, 0.29) is 0 Å². The second-order valence-corrected chi connectivity index (χ2v) is 4.00. The van der Waals surface area contributed by atoms with Gasteiger partial charge in [-0.15, -0.1) is 0 Å². The fourth-order valence-corrected chi connectivity index (χ4v) is 1.88. The molecule has 0 atom stereocenters. The van der Waals surface area contributed by atoms with Gasteiger partial charge in [-0.3, -0.25) is 0 Å². The highest BCUT2D eigenvalue weighted by Crippen LogP contribution is 2.15. The number of nitrogens with one attached hydrogen (secondary N) is 1. The third-order valence-electron chi connectivity index (χ3n) is 1.91. The van der Waals surface area contributed by atoms with Crippen LogP contribution in [0.5, 0.6) is 0 Å². The standard InChI is InChI=1S/C12H12N2S/c1-2-6-11(7-3-1)14-10-15-12-8-4-5-9-13-12/h1-9,14H,10H2. The average Bonchev–Trinajstić information content (AvgIpc) is 2.32. The van der Waals surface area contributed by atoms with Gasteiger partial charge in [0.1, 0.15) is 0 Å². The van der Waals surface area contributed by atoms with Crippen molar-refractivity contribution in [1.29, 1.82) is 0 Å². The molecule has 1 N–H and O–H groups in total. The molecule has 0 amide bonds. The van der Waals surface area contributed by atoms with E-state index in [1.54, 1.807) is 11.8 Å². The Morgan fingerprint density at radius 1 is 1.00 bits per heavy atom. The minimum atomic E-state index is 0.834. The molecule has 1 aromatic carbocycles. The van der Waals surface area contributed by atoms with Crippen LogP contribution in [0.3, 0.4) is 0 Å². The van der Waals surface area contributed by atoms with Crippen molar-refractivity contribution in [2.24, 2.45) is 0 Å². The van der Waals surface area contributed by atoms with Gasteiger partial charge < -0.3 is 5.32 Å². The lowest BCUT2D eigenvalue weighted by Crippen LogP contribution is -1.96. The van der Waals surface area contributed by atoms with Gasteiger partial charge in [-0.1, -0.05) is 36.0 Å². The second-order valence-electron chi connectivity index (χ2n) is 3.00. The fraction of sp³-hybridized carbons (Fsp3) is 0.0833. The number of anilines is 1. The molecular formula is C12H12N2S. The van der Waals surface area contributed by atoms with E-state index in [0.717, 1.165) is 16.6 Å². The van der Waals surface area contributed by atoms with Crippen LogP contribution in [0.4, 0.5) is 5.69 Å². The highest BCUT2D eigenvalue weighted by molar-refractivity contribution is 7.99. The van der Waals surface area contributed by atoms with Crippen molar-refractivity contribution in [3.8, 4) is 0 Å². The van der Waals surface area contributed by atoms with Crippen LogP contribution in [-0.2, 0) is 0 Å². The summed E-state index contributed by atoms with van der Waals surface area (Å²) in [6.07, 6.45) is 1.81. The normalized spacial score (nSPS) is 9.87. The minimum Gasteiger partial charge on any atom is -0.376 e. The van der Waals surface area contributed by atoms with E-state index in [9.17, 15) is 0 Å². The van der Waals surface area contributed by atoms with Gasteiger partial charge in [0.15, 0.2) is 0 Å². The van der Waals surface area contributed by atoms with Crippen molar-refractivity contribution in [1.82, 2.24) is 4.98 Å². The van der Waals surface area contributed by atoms with Gasteiger partial charge in [0.2, 0.25) is 0 Å². The van der Waals surface area contributed by atoms with Crippen LogP contribution < -0.4 is 5.32 Å². The number of rotatable bonds is 4. The van der Waals surface area contributed by atoms with Crippen LogP contribution in [-0.4, -0.2) is 10.9 Å². The molecule has 0 aliphatic heterocycles. The summed E-state index contributed by atoms with van der Waals surface area (Å²) in [5, 5.41) is 4.36. The van der Waals surface area contributed by atoms with Crippen molar-refractivity contribution >= 4 is 17.4 Å². The lowest BCUT2D eigenvalue weighted by molar-refractivity contribution is 1.13. The van der Waals surface area contributed by atoms with E-state index >= 15 is 0 Å². The van der Waals surface area contributed by atoms with E-state index in [0.29, 0.717) is 0 Å². The number of pyridine rings is 1. The molecule has 0 radical (unpaired) electrons. The van der Waals surface area contributed by atoms with Gasteiger partial charge >= 0.3 is 0 Å². The van der Waals surface area contributed by atoms with Gasteiger partial charge in [0.05, 0.1) is 10.9 Å². The summed E-state index contributed by atoms with van der Waals surface area (Å²) >= 11 is 1.69. The van der Waals surface area contributed by atoms with Gasteiger partial charge in [0.25, 0.3) is 0 Å². The Kier molecular flexibility index (Phi) is 3.63. The maximum Gasteiger partial charge on any atom is 0.0977 e. The molecule has 0 unspecified atom stereocenters. The number of aromatic nitrogens is 1. The van der Waals surface area contributed by atoms with Crippen molar-refractivity contribution in [2.45, 2.75) is 5.03 Å². The Morgan fingerprint density at radius 2 is 1.80 bits per heavy atom. The quantitative estimate of drug-likeness (QED) is 0.627. The summed E-state index contributed by atoms with van der Waals surface area (Å²) in [6, 6.07) is 16.1. The number of hydrogen-bond acceptors (Lipinski definition) is 3. The Balaban J connectivity index is 1.81. The molecule has 0 aliphatic carbocycles. The van der Waals surface area contributed by atoms with Gasteiger partial charge in [0, 0.05) is 11.9 Å². The maximum atomic E-state index is 4.23. The van der Waals surface area contributed by atoms with Crippen LogP contribution in [0.25, 0.3) is 0 Å². The molecule has 2 rings (SSSR count). The van der Waals surface area contributed by atoms with Crippen molar-refractivity contribution in [3.05, 3.63) is 54.7 Å². The SMILES string of the molecule is c1ccc(NCSc2ccccn2)cc1. The van der Waals surface area contributed by atoms with Crippen LogP contribution in [0.1, 0.15) is 0 Å². The molecule has 0 aliphatic rings. The van der Waals surface area contributed by atoms with E-state index < -0.39 is 0 Å². The lowest BCUT2D eigenvalue weighted by Gasteiger charge is -2.04. The lowest BCUT2D eigenvalue weighted by atomic mass is 10.3. The van der Waals surface area contributed by atoms with E-state index in [2.05, 4.69) is 22.4 Å². The zero-order valence-corrected chi connectivity index (χ0v) is 9.08. The van der Waals surface area contributed by atoms with Crippen LogP contribution in [0.2, 0.25) is 0 Å². The summed E-state index contributed by atoms with van der Waals surface area (Å²) in [5.74, 6) is 0.834. The monoisotopic (exact) mass is 216 g/mol. The van der Waals surface area contributed by atoms with Crippen molar-refractivity contribution in [3.63, 3.8) is 0 Å². The molecule has 3 heteroatoms. The fourth-order valence-electron chi connectivity index (χ4n) is 1.18. The Bertz CT molecular complexity index is 349. The first kappa shape index (κ1) is 10.1. The Hall–Kier alpha value is -1.48. The summed E-state index contributed by atoms with van der Waals surface area (Å²) in [6.45, 7) is 0. The first-order valence-electron chi connectivity index (χ1n) is 4.78. The third-order valence-corrected chi connectivity index (χ3v) is 2.73. The van der Waals surface area contributed by atoms with Crippen molar-refractivity contribution < 1.29 is 0 Å². The third kappa shape index (κ3) is 3.29. The summed E-state index contributed by atoms with van der Waals surface area (Å²) in [7, 11) is 0. The predicted molar refractivity (Wildman–Crippen MR) is 65.0 cm³/mol. The molecule has 2 aromatic rings. The molecule has 0 saturated heterocycles. The number of para-hydroxylation sites is 1. The minimum absolute atomic E-state index is 0.834. The van der Waals surface area contributed by atoms with Crippen molar-refractivity contribution in [2.75, 3.05) is 11.2 Å². The molecule has 15 heavy (non-hydrogen) atoms. The topological polar surface area (TPSA) is 24.9 Å². The number of hydrogen-bond donors (Lipinski definition) is 1. The summed E-state index contributed by atoms with van der Waals surface area (Å²) < 4.78 is 0. The summed E-state index contributed by atoms with van der Waals surface area (Å²) in [5.41, 5.74) is 1.14. The highest BCUT2D eigenvalue weighted by Gasteiger charge is 1.93. The van der Waals surface area contributed by atoms with Crippen LogP contribution in [0.15, 0.2) is 59.8 Å². The van der Waals surface area contributed by atoms with Gasteiger partial charge in [-0.05, 0) is 24.3 Å². The van der Waals surface area contributed by atoms with Crippen LogP contribution >= 0.6 is 11.8 Å². The molecule has 0 bridgehead atoms. The molecule has 1 aromatic heterocycles. The molecule has 0 saturated carbocycles. The number of benzene rings is 1. The van der Waals surface area contributed by atoms with E-state index in [4.69, 9.17) is 0 Å². The molecule has 0 fully saturated rings. The molecular weight excluding hydrogens is 204 g/mol. The molecule has 2 nitrogen and oxygen atoms in total. The van der Waals surface area contributed by atoms with Gasteiger partial charge in [-0.25, -0.2) is 4.98 Å². The number of thioether (sulfide) groups is 1.